The molecule has 2 aliphatic rings. The number of hydrogen-bond donors (Lipinski definition) is 1. The molecule has 1 atom stereocenters. The Balaban J connectivity index is 1.70. The van der Waals surface area contributed by atoms with Gasteiger partial charge in [-0.2, -0.15) is 0 Å². The topological polar surface area (TPSA) is 86.8 Å². The Morgan fingerprint density at radius 1 is 1.10 bits per heavy atom. The molecule has 0 aliphatic carbocycles. The van der Waals surface area contributed by atoms with Crippen molar-refractivity contribution in [2.45, 2.75) is 57.5 Å². The second-order valence-corrected chi connectivity index (χ2v) is 9.22. The van der Waals surface area contributed by atoms with E-state index in [2.05, 4.69) is 5.32 Å². The monoisotopic (exact) mass is 419 g/mol. The first-order chi connectivity index (χ1) is 13.5. The number of rotatable bonds is 3. The summed E-state index contributed by atoms with van der Waals surface area (Å²) < 4.78 is 0. The fourth-order valence-electron chi connectivity index (χ4n) is 3.71. The molecule has 2 aliphatic heterocycles. The van der Waals surface area contributed by atoms with E-state index in [1.54, 1.807) is 44.7 Å². The lowest BCUT2D eigenvalue weighted by atomic mass is 10.0. The minimum Gasteiger partial charge on any atom is -0.352 e. The predicted octanol–water partition coefficient (Wildman–Crippen LogP) is 2.43. The van der Waals surface area contributed by atoms with E-state index in [9.17, 15) is 19.2 Å². The number of carbonyl (C=O) groups excluding carboxylic acids is 4. The van der Waals surface area contributed by atoms with Crippen LogP contribution in [0.4, 0.5) is 0 Å². The van der Waals surface area contributed by atoms with Crippen LogP contribution >= 0.6 is 11.6 Å². The van der Waals surface area contributed by atoms with Crippen molar-refractivity contribution in [3.8, 4) is 0 Å². The molecule has 3 rings (SSSR count). The molecule has 4 amide bonds. The highest BCUT2D eigenvalue weighted by Crippen LogP contribution is 2.30. The van der Waals surface area contributed by atoms with Crippen molar-refractivity contribution in [3.63, 3.8) is 0 Å². The zero-order valence-electron chi connectivity index (χ0n) is 17.1. The number of amides is 4. The van der Waals surface area contributed by atoms with E-state index < -0.39 is 10.9 Å². The third-order valence-corrected chi connectivity index (χ3v) is 5.49. The van der Waals surface area contributed by atoms with Crippen LogP contribution in [0.15, 0.2) is 18.2 Å². The summed E-state index contributed by atoms with van der Waals surface area (Å²) in [5, 5.41) is 2.30. The summed E-state index contributed by atoms with van der Waals surface area (Å²) in [6.07, 6.45) is 1.28. The maximum Gasteiger partial charge on any atom is 0.262 e. The summed E-state index contributed by atoms with van der Waals surface area (Å²) in [6.45, 7) is 8.02. The van der Waals surface area contributed by atoms with Crippen LogP contribution in [0.25, 0.3) is 0 Å². The Labute approximate surface area is 175 Å². The van der Waals surface area contributed by atoms with Crippen LogP contribution in [0.2, 0.25) is 0 Å². The molecule has 1 saturated heterocycles. The highest BCUT2D eigenvalue weighted by molar-refractivity contribution is 6.30. The zero-order valence-corrected chi connectivity index (χ0v) is 17.9. The van der Waals surface area contributed by atoms with Crippen LogP contribution < -0.4 is 5.32 Å². The van der Waals surface area contributed by atoms with Gasteiger partial charge in [-0.15, -0.1) is 11.6 Å². The molecule has 29 heavy (non-hydrogen) atoms. The molecular formula is C21H26ClN3O4. The minimum atomic E-state index is -0.635. The number of nitrogens with zero attached hydrogens (tertiary/aromatic N) is 2. The van der Waals surface area contributed by atoms with Gasteiger partial charge in [-0.1, -0.05) is 0 Å². The number of hydrogen-bond acceptors (Lipinski definition) is 4. The quantitative estimate of drug-likeness (QED) is 0.602. The molecular weight excluding hydrogens is 394 g/mol. The number of halogens is 1. The lowest BCUT2D eigenvalue weighted by Gasteiger charge is -2.32. The average molecular weight is 420 g/mol. The van der Waals surface area contributed by atoms with Crippen molar-refractivity contribution in [3.05, 3.63) is 34.9 Å². The standard InChI is InChI=1S/C21H26ClN3O4/c1-12(22)17(26)23-14-7-9-24(10-8-14)18(27)13-5-6-15-16(11-13)20(29)25(19(15)28)21(2,3)4/h5-6,11-12,14H,7-10H2,1-4H3,(H,23,26). The van der Waals surface area contributed by atoms with Crippen LogP contribution in [0.3, 0.4) is 0 Å². The molecule has 0 aromatic heterocycles. The van der Waals surface area contributed by atoms with Crippen LogP contribution in [0.5, 0.6) is 0 Å². The number of piperidine rings is 1. The molecule has 0 spiro atoms. The van der Waals surface area contributed by atoms with Gasteiger partial charge in [-0.25, -0.2) is 0 Å². The second kappa shape index (κ2) is 7.78. The van der Waals surface area contributed by atoms with Gasteiger partial charge >= 0.3 is 0 Å². The molecule has 7 nitrogen and oxygen atoms in total. The van der Waals surface area contributed by atoms with Gasteiger partial charge in [0, 0.05) is 30.2 Å². The Kier molecular flexibility index (Phi) is 5.72. The predicted molar refractivity (Wildman–Crippen MR) is 109 cm³/mol. The van der Waals surface area contributed by atoms with Gasteiger partial charge in [0.2, 0.25) is 5.91 Å². The zero-order chi connectivity index (χ0) is 21.5. The smallest absolute Gasteiger partial charge is 0.262 e. The number of alkyl halides is 1. The fraction of sp³-hybridized carbons (Fsp3) is 0.524. The summed E-state index contributed by atoms with van der Waals surface area (Å²) in [4.78, 5) is 52.9. The SMILES string of the molecule is CC(Cl)C(=O)NC1CCN(C(=O)c2ccc3c(c2)C(=O)N(C(C)(C)C)C3=O)CC1. The normalized spacial score (nSPS) is 18.7. The average Bonchev–Trinajstić information content (AvgIpc) is 2.91. The summed E-state index contributed by atoms with van der Waals surface area (Å²) in [5.74, 6) is -1.09. The fourth-order valence-corrected chi connectivity index (χ4v) is 3.77. The Morgan fingerprint density at radius 3 is 2.24 bits per heavy atom. The van der Waals surface area contributed by atoms with E-state index in [1.807, 2.05) is 0 Å². The van der Waals surface area contributed by atoms with Gasteiger partial charge in [-0.3, -0.25) is 24.1 Å². The summed E-state index contributed by atoms with van der Waals surface area (Å²) in [5.41, 5.74) is 0.356. The first-order valence-electron chi connectivity index (χ1n) is 9.77. The van der Waals surface area contributed by atoms with Crippen LogP contribution in [-0.4, -0.2) is 63.5 Å². The Morgan fingerprint density at radius 2 is 1.69 bits per heavy atom. The molecule has 0 bridgehead atoms. The van der Waals surface area contributed by atoms with Crippen molar-refractivity contribution in [1.29, 1.82) is 0 Å². The van der Waals surface area contributed by atoms with Crippen molar-refractivity contribution in [2.24, 2.45) is 0 Å². The first kappa shape index (κ1) is 21.3. The van der Waals surface area contributed by atoms with E-state index in [0.717, 1.165) is 0 Å². The Bertz CT molecular complexity index is 867. The molecule has 1 unspecified atom stereocenters. The molecule has 1 aromatic carbocycles. The molecule has 8 heteroatoms. The number of nitrogens with one attached hydrogen (secondary N) is 1. The van der Waals surface area contributed by atoms with Gasteiger partial charge < -0.3 is 10.2 Å². The number of benzene rings is 1. The van der Waals surface area contributed by atoms with E-state index in [4.69, 9.17) is 11.6 Å². The van der Waals surface area contributed by atoms with Crippen LogP contribution in [0.1, 0.15) is 71.6 Å². The minimum absolute atomic E-state index is 0.00712. The molecule has 1 aromatic rings. The van der Waals surface area contributed by atoms with Gasteiger partial charge in [-0.05, 0) is 58.7 Å². The highest BCUT2D eigenvalue weighted by atomic mass is 35.5. The van der Waals surface area contributed by atoms with Crippen LogP contribution in [0, 0.1) is 0 Å². The van der Waals surface area contributed by atoms with Gasteiger partial charge in [0.05, 0.1) is 11.1 Å². The first-order valence-corrected chi connectivity index (χ1v) is 10.2. The van der Waals surface area contributed by atoms with Crippen molar-refractivity contribution in [2.75, 3.05) is 13.1 Å². The summed E-state index contributed by atoms with van der Waals surface area (Å²) >= 11 is 5.78. The molecule has 2 heterocycles. The van der Waals surface area contributed by atoms with Crippen LogP contribution in [-0.2, 0) is 4.79 Å². The maximum atomic E-state index is 12.9. The molecule has 156 valence electrons. The van der Waals surface area contributed by atoms with E-state index in [0.29, 0.717) is 37.1 Å². The van der Waals surface area contributed by atoms with Gasteiger partial charge in [0.1, 0.15) is 5.38 Å². The van der Waals surface area contributed by atoms with E-state index in [1.165, 1.54) is 11.0 Å². The lowest BCUT2D eigenvalue weighted by molar-refractivity contribution is -0.121. The maximum absolute atomic E-state index is 12.9. The summed E-state index contributed by atoms with van der Waals surface area (Å²) in [7, 11) is 0. The third kappa shape index (κ3) is 4.15. The largest absolute Gasteiger partial charge is 0.352 e. The van der Waals surface area contributed by atoms with Crippen molar-refractivity contribution < 1.29 is 19.2 Å². The highest BCUT2D eigenvalue weighted by Gasteiger charge is 2.42. The number of imide groups is 1. The molecule has 0 radical (unpaired) electrons. The van der Waals surface area contributed by atoms with Gasteiger partial charge in [0.15, 0.2) is 0 Å². The van der Waals surface area contributed by atoms with Crippen molar-refractivity contribution in [1.82, 2.24) is 15.1 Å². The number of likely N-dealkylation sites (tertiary alicyclic amines) is 1. The lowest BCUT2D eigenvalue weighted by Crippen LogP contribution is -2.47. The van der Waals surface area contributed by atoms with E-state index >= 15 is 0 Å². The van der Waals surface area contributed by atoms with E-state index in [-0.39, 0.29) is 35.2 Å². The van der Waals surface area contributed by atoms with Gasteiger partial charge in [0.25, 0.3) is 17.7 Å². The summed E-state index contributed by atoms with van der Waals surface area (Å²) in [6, 6.07) is 4.67. The molecule has 1 fully saturated rings. The third-order valence-electron chi connectivity index (χ3n) is 5.29. The molecule has 0 saturated carbocycles. The van der Waals surface area contributed by atoms with Crippen molar-refractivity contribution >= 4 is 35.2 Å². The number of fused-ring (bicyclic) bond motifs is 1. The second-order valence-electron chi connectivity index (χ2n) is 8.57. The Hall–Kier alpha value is -2.41. The molecule has 1 N–H and O–H groups in total. The number of carbonyl (C=O) groups is 4.